The number of carbonyl (C=O) groups excluding carboxylic acids is 1. The first kappa shape index (κ1) is 20.8. The molecule has 0 unspecified atom stereocenters. The minimum absolute atomic E-state index is 0.0227. The molecule has 7 nitrogen and oxygen atoms in total. The molecule has 11 heteroatoms. The van der Waals surface area contributed by atoms with Crippen LogP contribution in [0.25, 0.3) is 0 Å². The highest BCUT2D eigenvalue weighted by molar-refractivity contribution is 6.06. The molecule has 1 aromatic heterocycles. The zero-order chi connectivity index (χ0) is 21.9. The Bertz CT molecular complexity index is 1150. The van der Waals surface area contributed by atoms with E-state index in [9.17, 15) is 27.2 Å². The van der Waals surface area contributed by atoms with E-state index in [0.717, 1.165) is 36.5 Å². The van der Waals surface area contributed by atoms with Crippen LogP contribution in [0.3, 0.4) is 0 Å². The summed E-state index contributed by atoms with van der Waals surface area (Å²) in [5.74, 6) is -1.90. The van der Waals surface area contributed by atoms with Crippen molar-refractivity contribution in [3.63, 3.8) is 0 Å². The predicted molar refractivity (Wildman–Crippen MR) is 97.3 cm³/mol. The number of carbonyl (C=O) groups is 1. The van der Waals surface area contributed by atoms with Gasteiger partial charge in [-0.2, -0.15) is 18.3 Å². The van der Waals surface area contributed by atoms with Crippen molar-refractivity contribution in [2.75, 3.05) is 12.4 Å². The summed E-state index contributed by atoms with van der Waals surface area (Å²) in [6.45, 7) is 0. The van der Waals surface area contributed by atoms with Crippen LogP contribution in [0, 0.1) is 5.82 Å². The van der Waals surface area contributed by atoms with Crippen LogP contribution in [-0.2, 0) is 6.18 Å². The zero-order valence-electron chi connectivity index (χ0n) is 15.2. The fraction of sp³-hybridized carbons (Fsp3) is 0.105. The van der Waals surface area contributed by atoms with Gasteiger partial charge in [-0.1, -0.05) is 0 Å². The maximum atomic E-state index is 13.4. The summed E-state index contributed by atoms with van der Waals surface area (Å²) >= 11 is 0. The molecule has 2 N–H and O–H groups in total. The lowest BCUT2D eigenvalue weighted by atomic mass is 10.1. The van der Waals surface area contributed by atoms with Gasteiger partial charge in [0.1, 0.15) is 11.6 Å². The zero-order valence-corrected chi connectivity index (χ0v) is 15.2. The number of alkyl halides is 3. The number of benzene rings is 2. The molecule has 0 spiro atoms. The Morgan fingerprint density at radius 3 is 2.47 bits per heavy atom. The van der Waals surface area contributed by atoms with Gasteiger partial charge in [0.2, 0.25) is 0 Å². The lowest BCUT2D eigenvalue weighted by Crippen LogP contribution is -2.17. The fourth-order valence-electron chi connectivity index (χ4n) is 2.46. The van der Waals surface area contributed by atoms with E-state index in [-0.39, 0.29) is 22.9 Å². The monoisotopic (exact) mass is 423 g/mol. The molecule has 3 rings (SSSR count). The summed E-state index contributed by atoms with van der Waals surface area (Å²) in [5.41, 5.74) is -2.22. The first-order chi connectivity index (χ1) is 14.2. The van der Waals surface area contributed by atoms with E-state index in [4.69, 9.17) is 9.47 Å². The van der Waals surface area contributed by atoms with Crippen LogP contribution in [0.4, 0.5) is 23.2 Å². The van der Waals surface area contributed by atoms with Crippen LogP contribution >= 0.6 is 0 Å². The fourth-order valence-corrected chi connectivity index (χ4v) is 2.46. The molecule has 0 atom stereocenters. The SMILES string of the molecule is COc1cc(F)ccc1Oc1ccc(C(F)(F)F)cc1C(=O)Nc1cn[nH]c(=O)c1. The number of methoxy groups -OCH3 is 1. The minimum Gasteiger partial charge on any atom is -0.493 e. The van der Waals surface area contributed by atoms with E-state index < -0.39 is 34.6 Å². The molecule has 0 aliphatic heterocycles. The molecular weight excluding hydrogens is 410 g/mol. The van der Waals surface area contributed by atoms with Crippen LogP contribution in [0.1, 0.15) is 15.9 Å². The molecule has 156 valence electrons. The molecule has 0 saturated carbocycles. The molecule has 0 aliphatic carbocycles. The Morgan fingerprint density at radius 1 is 1.07 bits per heavy atom. The molecule has 0 bridgehead atoms. The average Bonchev–Trinajstić information content (AvgIpc) is 2.68. The van der Waals surface area contributed by atoms with Gasteiger partial charge in [-0.05, 0) is 30.3 Å². The van der Waals surface area contributed by atoms with Crippen LogP contribution in [0.2, 0.25) is 0 Å². The third-order valence-corrected chi connectivity index (χ3v) is 3.82. The maximum Gasteiger partial charge on any atom is 0.416 e. The maximum absolute atomic E-state index is 13.4. The Hall–Kier alpha value is -3.89. The van der Waals surface area contributed by atoms with Gasteiger partial charge < -0.3 is 14.8 Å². The van der Waals surface area contributed by atoms with Crippen molar-refractivity contribution < 1.29 is 31.8 Å². The van der Waals surface area contributed by atoms with Crippen LogP contribution in [-0.4, -0.2) is 23.2 Å². The summed E-state index contributed by atoms with van der Waals surface area (Å²) in [5, 5.41) is 7.88. The number of anilines is 1. The van der Waals surface area contributed by atoms with Gasteiger partial charge in [-0.25, -0.2) is 9.49 Å². The second kappa shape index (κ2) is 8.23. The van der Waals surface area contributed by atoms with Crippen LogP contribution < -0.4 is 20.3 Å². The highest BCUT2D eigenvalue weighted by atomic mass is 19.4. The number of hydrogen-bond acceptors (Lipinski definition) is 5. The first-order valence-electron chi connectivity index (χ1n) is 8.26. The third kappa shape index (κ3) is 4.74. The van der Waals surface area contributed by atoms with E-state index in [0.29, 0.717) is 6.07 Å². The van der Waals surface area contributed by atoms with E-state index in [1.165, 1.54) is 13.2 Å². The van der Waals surface area contributed by atoms with E-state index in [1.807, 2.05) is 0 Å². The van der Waals surface area contributed by atoms with Crippen molar-refractivity contribution in [1.82, 2.24) is 10.2 Å². The smallest absolute Gasteiger partial charge is 0.416 e. The molecule has 30 heavy (non-hydrogen) atoms. The second-order valence-electron chi connectivity index (χ2n) is 5.89. The lowest BCUT2D eigenvalue weighted by molar-refractivity contribution is -0.137. The molecule has 0 fully saturated rings. The van der Waals surface area contributed by atoms with Gasteiger partial charge in [-0.15, -0.1) is 0 Å². The van der Waals surface area contributed by atoms with Gasteiger partial charge in [0.05, 0.1) is 30.1 Å². The summed E-state index contributed by atoms with van der Waals surface area (Å²) < 4.78 is 63.3. The summed E-state index contributed by atoms with van der Waals surface area (Å²) in [6.07, 6.45) is -3.61. The number of nitrogens with one attached hydrogen (secondary N) is 2. The van der Waals surface area contributed by atoms with E-state index in [2.05, 4.69) is 15.5 Å². The molecule has 3 aromatic rings. The Balaban J connectivity index is 2.02. The Kier molecular flexibility index (Phi) is 5.72. The second-order valence-corrected chi connectivity index (χ2v) is 5.89. The quantitative estimate of drug-likeness (QED) is 0.606. The van der Waals surface area contributed by atoms with Crippen LogP contribution in [0.15, 0.2) is 53.5 Å². The van der Waals surface area contributed by atoms with Gasteiger partial charge >= 0.3 is 6.18 Å². The summed E-state index contributed by atoms with van der Waals surface area (Å²) in [4.78, 5) is 23.9. The highest BCUT2D eigenvalue weighted by Gasteiger charge is 2.32. The number of rotatable bonds is 5. The predicted octanol–water partition coefficient (Wildman–Crippen LogP) is 3.98. The summed E-state index contributed by atoms with van der Waals surface area (Å²) in [7, 11) is 1.25. The molecule has 2 aromatic carbocycles. The van der Waals surface area contributed by atoms with Crippen molar-refractivity contribution in [2.45, 2.75) is 6.18 Å². The van der Waals surface area contributed by atoms with Crippen molar-refractivity contribution >= 4 is 11.6 Å². The van der Waals surface area contributed by atoms with Crippen molar-refractivity contribution in [3.8, 4) is 17.2 Å². The molecule has 0 aliphatic rings. The average molecular weight is 423 g/mol. The largest absolute Gasteiger partial charge is 0.493 e. The minimum atomic E-state index is -4.72. The third-order valence-electron chi connectivity index (χ3n) is 3.82. The molecule has 1 amide bonds. The number of nitrogens with zero attached hydrogens (tertiary/aromatic N) is 1. The van der Waals surface area contributed by atoms with Gasteiger partial charge in [0.15, 0.2) is 11.5 Å². The van der Waals surface area contributed by atoms with Crippen molar-refractivity contribution in [1.29, 1.82) is 0 Å². The molecule has 0 saturated heterocycles. The first-order valence-corrected chi connectivity index (χ1v) is 8.26. The van der Waals surface area contributed by atoms with Crippen molar-refractivity contribution in [3.05, 3.63) is 76.0 Å². The standard InChI is InChI=1S/C19H13F4N3O4/c1-29-16-7-11(20)3-5-15(16)30-14-4-2-10(19(21,22)23)6-13(14)18(28)25-12-8-17(27)26-24-9-12/h2-9H,1H3,(H2,25,26,27,28). The van der Waals surface area contributed by atoms with Gasteiger partial charge in [0, 0.05) is 12.1 Å². The number of amides is 1. The Morgan fingerprint density at radius 2 is 1.80 bits per heavy atom. The number of H-pyrrole nitrogens is 1. The molecule has 1 heterocycles. The number of aromatic nitrogens is 2. The Labute approximate surface area is 166 Å². The number of aromatic amines is 1. The highest BCUT2D eigenvalue weighted by Crippen LogP contribution is 2.37. The van der Waals surface area contributed by atoms with E-state index >= 15 is 0 Å². The molecule has 0 radical (unpaired) electrons. The number of ether oxygens (including phenoxy) is 2. The lowest BCUT2D eigenvalue weighted by Gasteiger charge is -2.16. The summed E-state index contributed by atoms with van der Waals surface area (Å²) in [6, 6.07) is 6.57. The molecular formula is C19H13F4N3O4. The van der Waals surface area contributed by atoms with Crippen molar-refractivity contribution in [2.24, 2.45) is 0 Å². The topological polar surface area (TPSA) is 93.3 Å². The number of hydrogen-bond donors (Lipinski definition) is 2. The number of halogens is 4. The van der Waals surface area contributed by atoms with E-state index in [1.54, 1.807) is 0 Å². The van der Waals surface area contributed by atoms with Gasteiger partial charge in [0.25, 0.3) is 11.5 Å². The van der Waals surface area contributed by atoms with Gasteiger partial charge in [-0.3, -0.25) is 9.59 Å². The normalized spacial score (nSPS) is 11.1. The van der Waals surface area contributed by atoms with Crippen LogP contribution in [0.5, 0.6) is 17.2 Å².